The van der Waals surface area contributed by atoms with Gasteiger partial charge in [-0.3, -0.25) is 19.2 Å². The van der Waals surface area contributed by atoms with Crippen LogP contribution in [-0.4, -0.2) is 65.8 Å². The number of aromatic nitrogens is 2. The summed E-state index contributed by atoms with van der Waals surface area (Å²) >= 11 is 0. The Morgan fingerprint density at radius 3 is 2.38 bits per heavy atom. The maximum Gasteiger partial charge on any atom is 0.298 e. The summed E-state index contributed by atoms with van der Waals surface area (Å²) in [7, 11) is 0. The number of carbonyl (C=O) groups is 2. The number of ether oxygens (including phenoxy) is 2. The van der Waals surface area contributed by atoms with E-state index in [1.807, 2.05) is 81.4 Å². The van der Waals surface area contributed by atoms with E-state index >= 15 is 0 Å². The molecule has 1 aromatic heterocycles. The molecule has 40 heavy (non-hydrogen) atoms. The van der Waals surface area contributed by atoms with Gasteiger partial charge in [0.1, 0.15) is 18.1 Å². The Labute approximate surface area is 234 Å². The van der Waals surface area contributed by atoms with Gasteiger partial charge in [-0.05, 0) is 23.8 Å². The zero-order valence-electron chi connectivity index (χ0n) is 23.4. The second-order valence-electron chi connectivity index (χ2n) is 11.1. The summed E-state index contributed by atoms with van der Waals surface area (Å²) in [6.07, 6.45) is 0. The van der Waals surface area contributed by atoms with E-state index in [2.05, 4.69) is 10.2 Å². The molecule has 0 saturated carbocycles. The fourth-order valence-corrected chi connectivity index (χ4v) is 4.75. The Balaban J connectivity index is 1.35. The lowest BCUT2D eigenvalue weighted by Crippen LogP contribution is -2.38. The normalized spacial score (nSPS) is 14.3. The molecule has 1 saturated heterocycles. The van der Waals surface area contributed by atoms with Gasteiger partial charge in [-0.15, -0.1) is 0 Å². The number of benzene rings is 3. The van der Waals surface area contributed by atoms with E-state index in [1.165, 1.54) is 0 Å². The number of nitrogens with zero attached hydrogens (tertiary/aromatic N) is 3. The van der Waals surface area contributed by atoms with E-state index in [0.717, 1.165) is 60.6 Å². The van der Waals surface area contributed by atoms with Crippen LogP contribution < -0.4 is 10.1 Å². The maximum atomic E-state index is 13.5. The number of nitrogens with one attached hydrogen (secondary N) is 1. The first-order valence-electron chi connectivity index (χ1n) is 13.7. The molecule has 0 unspecified atom stereocenters. The molecule has 1 aliphatic rings. The van der Waals surface area contributed by atoms with Gasteiger partial charge in [-0.1, -0.05) is 75.4 Å². The fourth-order valence-electron chi connectivity index (χ4n) is 4.75. The van der Waals surface area contributed by atoms with Crippen LogP contribution in [0.2, 0.25) is 0 Å². The third kappa shape index (κ3) is 6.41. The van der Waals surface area contributed by atoms with Gasteiger partial charge in [-0.25, -0.2) is 0 Å². The number of anilines is 1. The van der Waals surface area contributed by atoms with E-state index < -0.39 is 11.7 Å². The lowest BCUT2D eigenvalue weighted by Gasteiger charge is -2.26. The highest BCUT2D eigenvalue weighted by Crippen LogP contribution is 2.32. The van der Waals surface area contributed by atoms with Crippen molar-refractivity contribution in [3.63, 3.8) is 0 Å². The van der Waals surface area contributed by atoms with Gasteiger partial charge in [0, 0.05) is 41.5 Å². The van der Waals surface area contributed by atoms with Gasteiger partial charge >= 0.3 is 0 Å². The van der Waals surface area contributed by atoms with Crippen LogP contribution in [0.4, 0.5) is 5.69 Å². The predicted molar refractivity (Wildman–Crippen MR) is 156 cm³/mol. The lowest BCUT2D eigenvalue weighted by atomic mass is 9.92. The van der Waals surface area contributed by atoms with Crippen LogP contribution in [0, 0.1) is 0 Å². The SMILES string of the molecule is CC(C)(C)c1cc(C(=O)C(=O)Nc2ccc(OCCN3CCOCC3)c3ccccc23)n(Cc2ccccc2)n1. The molecule has 2 heterocycles. The predicted octanol–water partition coefficient (Wildman–Crippen LogP) is 4.91. The minimum atomic E-state index is -0.708. The van der Waals surface area contributed by atoms with Crippen molar-refractivity contribution in [2.24, 2.45) is 0 Å². The first-order valence-corrected chi connectivity index (χ1v) is 13.7. The van der Waals surface area contributed by atoms with Crippen LogP contribution in [0.5, 0.6) is 5.75 Å². The average molecular weight is 541 g/mol. The van der Waals surface area contributed by atoms with Crippen molar-refractivity contribution in [2.75, 3.05) is 44.8 Å². The van der Waals surface area contributed by atoms with Gasteiger partial charge in [0.2, 0.25) is 0 Å². The Morgan fingerprint density at radius 2 is 1.65 bits per heavy atom. The minimum absolute atomic E-state index is 0.263. The first-order chi connectivity index (χ1) is 19.3. The number of rotatable bonds is 9. The minimum Gasteiger partial charge on any atom is -0.492 e. The van der Waals surface area contributed by atoms with Gasteiger partial charge < -0.3 is 14.8 Å². The van der Waals surface area contributed by atoms with Gasteiger partial charge in [0.05, 0.1) is 25.5 Å². The van der Waals surface area contributed by atoms with Crippen molar-refractivity contribution in [2.45, 2.75) is 32.7 Å². The number of morpholine rings is 1. The van der Waals surface area contributed by atoms with E-state index in [9.17, 15) is 9.59 Å². The van der Waals surface area contributed by atoms with E-state index in [-0.39, 0.29) is 11.1 Å². The molecule has 0 bridgehead atoms. The second kappa shape index (κ2) is 12.0. The van der Waals surface area contributed by atoms with Crippen LogP contribution in [0.1, 0.15) is 42.5 Å². The molecule has 1 aliphatic heterocycles. The Kier molecular flexibility index (Phi) is 8.28. The molecule has 0 aliphatic carbocycles. The molecule has 8 nitrogen and oxygen atoms in total. The highest BCUT2D eigenvalue weighted by Gasteiger charge is 2.27. The third-order valence-electron chi connectivity index (χ3n) is 7.06. The summed E-state index contributed by atoms with van der Waals surface area (Å²) in [6.45, 7) is 11.2. The molecule has 208 valence electrons. The Hall–Kier alpha value is -4.01. The Morgan fingerprint density at radius 1 is 0.950 bits per heavy atom. The summed E-state index contributed by atoms with van der Waals surface area (Å²) in [5, 5.41) is 9.23. The van der Waals surface area contributed by atoms with E-state index in [0.29, 0.717) is 18.8 Å². The van der Waals surface area contributed by atoms with Crippen LogP contribution in [-0.2, 0) is 21.5 Å². The molecule has 0 radical (unpaired) electrons. The van der Waals surface area contributed by atoms with Crippen LogP contribution in [0.3, 0.4) is 0 Å². The molecule has 8 heteroatoms. The molecular formula is C32H36N4O4. The lowest BCUT2D eigenvalue weighted by molar-refractivity contribution is -0.112. The second-order valence-corrected chi connectivity index (χ2v) is 11.1. The van der Waals surface area contributed by atoms with E-state index in [1.54, 1.807) is 16.8 Å². The molecule has 1 amide bonds. The van der Waals surface area contributed by atoms with Crippen LogP contribution in [0.15, 0.2) is 72.8 Å². The number of fused-ring (bicyclic) bond motifs is 1. The molecule has 5 rings (SSSR count). The Bertz CT molecular complexity index is 1480. The summed E-state index contributed by atoms with van der Waals surface area (Å²) < 4.78 is 13.2. The smallest absolute Gasteiger partial charge is 0.298 e. The molecule has 3 aromatic carbocycles. The van der Waals surface area contributed by atoms with E-state index in [4.69, 9.17) is 14.6 Å². The van der Waals surface area contributed by atoms with Gasteiger partial charge in [0.25, 0.3) is 11.7 Å². The fraction of sp³-hybridized carbons (Fsp3) is 0.344. The summed E-state index contributed by atoms with van der Waals surface area (Å²) in [5.74, 6) is -0.599. The number of amides is 1. The van der Waals surface area contributed by atoms with Gasteiger partial charge in [-0.2, -0.15) is 5.10 Å². The van der Waals surface area contributed by atoms with Crippen molar-refractivity contribution >= 4 is 28.2 Å². The number of carbonyl (C=O) groups excluding carboxylic acids is 2. The maximum absolute atomic E-state index is 13.5. The number of ketones is 1. The first kappa shape index (κ1) is 27.6. The summed E-state index contributed by atoms with van der Waals surface area (Å²) in [5.41, 5.74) is 2.29. The van der Waals surface area contributed by atoms with Crippen molar-refractivity contribution in [3.8, 4) is 5.75 Å². The van der Waals surface area contributed by atoms with Crippen molar-refractivity contribution in [3.05, 3.63) is 89.7 Å². The summed E-state index contributed by atoms with van der Waals surface area (Å²) in [6, 6.07) is 22.9. The number of hydrogen-bond acceptors (Lipinski definition) is 6. The standard InChI is InChI=1S/C32H36N4O4/c1-32(2,3)29-21-27(36(34-29)22-23-9-5-4-6-10-23)30(37)31(38)33-26-13-14-28(25-12-8-7-11-24(25)26)40-20-17-35-15-18-39-19-16-35/h4-14,21H,15-20,22H2,1-3H3,(H,33,38). The highest BCUT2D eigenvalue weighted by atomic mass is 16.5. The van der Waals surface area contributed by atoms with Gasteiger partial charge in [0.15, 0.2) is 0 Å². The molecule has 0 atom stereocenters. The molecule has 1 N–H and O–H groups in total. The molecular weight excluding hydrogens is 504 g/mol. The van der Waals surface area contributed by atoms with Crippen LogP contribution >= 0.6 is 0 Å². The molecule has 0 spiro atoms. The van der Waals surface area contributed by atoms with Crippen LogP contribution in [0.25, 0.3) is 10.8 Å². The number of hydrogen-bond donors (Lipinski definition) is 1. The van der Waals surface area contributed by atoms with Crippen molar-refractivity contribution in [1.29, 1.82) is 0 Å². The quantitative estimate of drug-likeness (QED) is 0.240. The third-order valence-corrected chi connectivity index (χ3v) is 7.06. The number of Topliss-reactive ketones (excluding diaryl/α,β-unsaturated/α-hetero) is 1. The highest BCUT2D eigenvalue weighted by molar-refractivity contribution is 6.46. The van der Waals surface area contributed by atoms with Crippen molar-refractivity contribution in [1.82, 2.24) is 14.7 Å². The molecule has 4 aromatic rings. The largest absolute Gasteiger partial charge is 0.492 e. The zero-order valence-corrected chi connectivity index (χ0v) is 23.4. The average Bonchev–Trinajstić information content (AvgIpc) is 3.39. The van der Waals surface area contributed by atoms with Crippen molar-refractivity contribution < 1.29 is 19.1 Å². The zero-order chi connectivity index (χ0) is 28.1. The monoisotopic (exact) mass is 540 g/mol. The topological polar surface area (TPSA) is 85.7 Å². The molecule has 1 fully saturated rings. The summed E-state index contributed by atoms with van der Waals surface area (Å²) in [4.78, 5) is 29.1.